The Morgan fingerprint density at radius 2 is 1.85 bits per heavy atom. The Hall–Kier alpha value is -3.42. The maximum Gasteiger partial charge on any atom is 0.433 e. The van der Waals surface area contributed by atoms with Crippen molar-refractivity contribution >= 4 is 22.4 Å². The number of nitrogens with zero attached hydrogens (tertiary/aromatic N) is 3. The molecule has 0 radical (unpaired) electrons. The van der Waals surface area contributed by atoms with Gasteiger partial charge in [-0.05, 0) is 36.4 Å². The van der Waals surface area contributed by atoms with Crippen molar-refractivity contribution in [3.8, 4) is 11.5 Å². The Kier molecular flexibility index (Phi) is 3.80. The van der Waals surface area contributed by atoms with Crippen LogP contribution in [0.2, 0.25) is 0 Å². The number of halogens is 3. The summed E-state index contributed by atoms with van der Waals surface area (Å²) in [7, 11) is 0. The maximum absolute atomic E-state index is 13.2. The Labute approximate surface area is 146 Å². The predicted molar refractivity (Wildman–Crippen MR) is 91.8 cm³/mol. The highest BCUT2D eigenvalue weighted by Crippen LogP contribution is 2.31. The molecule has 0 unspecified atom stereocenters. The minimum atomic E-state index is -4.59. The minimum absolute atomic E-state index is 0.0443. The fourth-order valence-corrected chi connectivity index (χ4v) is 2.54. The summed E-state index contributed by atoms with van der Waals surface area (Å²) < 4.78 is 39.7. The highest BCUT2D eigenvalue weighted by Gasteiger charge is 2.34. The monoisotopic (exact) mass is 355 g/mol. The van der Waals surface area contributed by atoms with Crippen LogP contribution in [0.4, 0.5) is 24.7 Å². The molecule has 26 heavy (non-hydrogen) atoms. The average Bonchev–Trinajstić information content (AvgIpc) is 3.09. The molecule has 0 aliphatic heterocycles. The molecule has 0 amide bonds. The van der Waals surface area contributed by atoms with Crippen LogP contribution in [0.5, 0.6) is 0 Å². The maximum atomic E-state index is 13.2. The number of anilines is 2. The number of H-pyrrole nitrogens is 1. The topological polar surface area (TPSA) is 66.5 Å². The summed E-state index contributed by atoms with van der Waals surface area (Å²) in [5.74, 6) is -0.0477. The van der Waals surface area contributed by atoms with Crippen molar-refractivity contribution in [2.24, 2.45) is 0 Å². The number of benzene rings is 1. The third kappa shape index (κ3) is 3.21. The third-order valence-corrected chi connectivity index (χ3v) is 3.74. The van der Waals surface area contributed by atoms with Gasteiger partial charge in [0.1, 0.15) is 11.5 Å². The van der Waals surface area contributed by atoms with Gasteiger partial charge in [0.05, 0.1) is 0 Å². The van der Waals surface area contributed by atoms with Gasteiger partial charge in [-0.1, -0.05) is 6.07 Å². The van der Waals surface area contributed by atoms with Crippen molar-refractivity contribution in [3.05, 3.63) is 66.6 Å². The Balaban J connectivity index is 1.76. The molecule has 4 rings (SSSR count). The van der Waals surface area contributed by atoms with Crippen LogP contribution in [0.25, 0.3) is 22.4 Å². The van der Waals surface area contributed by atoms with Gasteiger partial charge in [-0.2, -0.15) is 13.2 Å². The smallest absolute Gasteiger partial charge is 0.361 e. The number of hydrogen-bond acceptors (Lipinski definition) is 4. The van der Waals surface area contributed by atoms with Gasteiger partial charge in [0.15, 0.2) is 11.5 Å². The molecule has 130 valence electrons. The molecule has 0 atom stereocenters. The van der Waals surface area contributed by atoms with Gasteiger partial charge in [-0.15, -0.1) is 0 Å². The third-order valence-electron chi connectivity index (χ3n) is 3.74. The Morgan fingerprint density at radius 3 is 2.62 bits per heavy atom. The van der Waals surface area contributed by atoms with Crippen LogP contribution in [0.3, 0.4) is 0 Å². The van der Waals surface area contributed by atoms with E-state index in [4.69, 9.17) is 0 Å². The Morgan fingerprint density at radius 1 is 0.962 bits per heavy atom. The van der Waals surface area contributed by atoms with E-state index in [1.807, 2.05) is 18.2 Å². The summed E-state index contributed by atoms with van der Waals surface area (Å²) in [5, 5.41) is 3.85. The molecular weight excluding hydrogens is 343 g/mol. The minimum Gasteiger partial charge on any atom is -0.361 e. The highest BCUT2D eigenvalue weighted by atomic mass is 19.4. The number of alkyl halides is 3. The largest absolute Gasteiger partial charge is 0.433 e. The second-order valence-corrected chi connectivity index (χ2v) is 5.58. The van der Waals surface area contributed by atoms with E-state index in [-0.39, 0.29) is 17.3 Å². The number of nitrogens with one attached hydrogen (secondary N) is 2. The van der Waals surface area contributed by atoms with Gasteiger partial charge >= 0.3 is 6.18 Å². The number of aromatic amines is 1. The molecule has 2 N–H and O–H groups in total. The first-order chi connectivity index (χ1) is 12.5. The summed E-state index contributed by atoms with van der Waals surface area (Å²) in [6.07, 6.45) is -1.32. The van der Waals surface area contributed by atoms with E-state index in [1.165, 1.54) is 6.20 Å². The van der Waals surface area contributed by atoms with Crippen molar-refractivity contribution < 1.29 is 13.2 Å². The van der Waals surface area contributed by atoms with Gasteiger partial charge in [0.25, 0.3) is 0 Å². The molecule has 3 aromatic heterocycles. The van der Waals surface area contributed by atoms with Gasteiger partial charge in [0, 0.05) is 35.1 Å². The summed E-state index contributed by atoms with van der Waals surface area (Å²) in [6, 6.07) is 13.1. The molecule has 8 heteroatoms. The zero-order chi connectivity index (χ0) is 18.1. The van der Waals surface area contributed by atoms with Crippen LogP contribution in [-0.4, -0.2) is 19.9 Å². The summed E-state index contributed by atoms with van der Waals surface area (Å²) in [5.41, 5.74) is 0.792. The second kappa shape index (κ2) is 6.14. The van der Waals surface area contributed by atoms with E-state index in [0.717, 1.165) is 17.0 Å². The van der Waals surface area contributed by atoms with Crippen LogP contribution in [0, 0.1) is 0 Å². The van der Waals surface area contributed by atoms with E-state index in [0.29, 0.717) is 5.69 Å². The number of aromatic nitrogens is 4. The molecule has 0 aliphatic rings. The molecule has 5 nitrogen and oxygen atoms in total. The van der Waals surface area contributed by atoms with E-state index >= 15 is 0 Å². The summed E-state index contributed by atoms with van der Waals surface area (Å²) in [6.45, 7) is 0. The quantitative estimate of drug-likeness (QED) is 0.555. The van der Waals surface area contributed by atoms with Gasteiger partial charge < -0.3 is 10.3 Å². The molecule has 0 saturated carbocycles. The SMILES string of the molecule is FC(F)(F)c1cc(Nc2ccc3[nH]ccc3c2)nc(-c2ccccn2)n1. The average molecular weight is 355 g/mol. The van der Waals surface area contributed by atoms with Crippen LogP contribution in [0.1, 0.15) is 5.69 Å². The molecule has 0 saturated heterocycles. The van der Waals surface area contributed by atoms with Crippen molar-refractivity contribution in [1.29, 1.82) is 0 Å². The van der Waals surface area contributed by atoms with E-state index in [2.05, 4.69) is 25.3 Å². The fraction of sp³-hybridized carbons (Fsp3) is 0.0556. The van der Waals surface area contributed by atoms with Gasteiger partial charge in [-0.25, -0.2) is 9.97 Å². The molecular formula is C18H12F3N5. The highest BCUT2D eigenvalue weighted by molar-refractivity contribution is 5.83. The lowest BCUT2D eigenvalue weighted by Crippen LogP contribution is -2.11. The second-order valence-electron chi connectivity index (χ2n) is 5.58. The number of pyridine rings is 1. The van der Waals surface area contributed by atoms with Crippen LogP contribution < -0.4 is 5.32 Å². The zero-order valence-electron chi connectivity index (χ0n) is 13.2. The fourth-order valence-electron chi connectivity index (χ4n) is 2.54. The molecule has 0 spiro atoms. The lowest BCUT2D eigenvalue weighted by atomic mass is 10.2. The lowest BCUT2D eigenvalue weighted by molar-refractivity contribution is -0.141. The van der Waals surface area contributed by atoms with E-state index in [9.17, 15) is 13.2 Å². The standard InChI is InChI=1S/C18H12F3N5/c19-18(20,21)15-10-16(26-17(25-15)14-3-1-2-7-22-14)24-12-4-5-13-11(9-12)6-8-23-13/h1-10,23H,(H,24,25,26). The number of hydrogen-bond donors (Lipinski definition) is 2. The van der Waals surface area contributed by atoms with Crippen molar-refractivity contribution in [2.45, 2.75) is 6.18 Å². The Bertz CT molecular complexity index is 1060. The molecule has 0 fully saturated rings. The predicted octanol–water partition coefficient (Wildman–Crippen LogP) is 4.78. The normalized spacial score (nSPS) is 11.7. The van der Waals surface area contributed by atoms with Crippen LogP contribution in [-0.2, 0) is 6.18 Å². The van der Waals surface area contributed by atoms with Crippen molar-refractivity contribution in [1.82, 2.24) is 19.9 Å². The van der Waals surface area contributed by atoms with Gasteiger partial charge in [-0.3, -0.25) is 4.98 Å². The first-order valence-electron chi connectivity index (χ1n) is 7.71. The van der Waals surface area contributed by atoms with Gasteiger partial charge in [0.2, 0.25) is 0 Å². The molecule has 3 heterocycles. The number of fused-ring (bicyclic) bond motifs is 1. The zero-order valence-corrected chi connectivity index (χ0v) is 13.2. The first-order valence-corrected chi connectivity index (χ1v) is 7.71. The molecule has 0 aliphatic carbocycles. The van der Waals surface area contributed by atoms with Crippen LogP contribution in [0.15, 0.2) is 60.9 Å². The summed E-state index contributed by atoms with van der Waals surface area (Å²) >= 11 is 0. The number of rotatable bonds is 3. The van der Waals surface area contributed by atoms with Crippen molar-refractivity contribution in [2.75, 3.05) is 5.32 Å². The van der Waals surface area contributed by atoms with E-state index in [1.54, 1.807) is 30.5 Å². The van der Waals surface area contributed by atoms with Crippen LogP contribution >= 0.6 is 0 Å². The molecule has 4 aromatic rings. The first kappa shape index (κ1) is 16.1. The summed E-state index contributed by atoms with van der Waals surface area (Å²) in [4.78, 5) is 14.9. The van der Waals surface area contributed by atoms with E-state index < -0.39 is 11.9 Å². The molecule has 1 aromatic carbocycles. The van der Waals surface area contributed by atoms with Crippen molar-refractivity contribution in [3.63, 3.8) is 0 Å². The molecule has 0 bridgehead atoms. The lowest BCUT2D eigenvalue weighted by Gasteiger charge is -2.12.